The number of non-ortho nitro benzene ring substituents is 1. The van der Waals surface area contributed by atoms with E-state index in [0.29, 0.717) is 11.4 Å². The molecular weight excluding hydrogens is 362 g/mol. The largest absolute Gasteiger partial charge is 0.484 e. The first kappa shape index (κ1) is 19.3. The first-order valence-corrected chi connectivity index (χ1v) is 9.09. The molecule has 0 aliphatic carbocycles. The van der Waals surface area contributed by atoms with Gasteiger partial charge in [0.2, 0.25) is 0 Å². The van der Waals surface area contributed by atoms with Crippen LogP contribution in [0.4, 0.5) is 11.4 Å². The number of hydrogen-bond donors (Lipinski definition) is 1. The predicted octanol–water partition coefficient (Wildman–Crippen LogP) is 3.24. The van der Waals surface area contributed by atoms with Crippen molar-refractivity contribution in [3.63, 3.8) is 0 Å². The van der Waals surface area contributed by atoms with Crippen molar-refractivity contribution >= 4 is 23.2 Å². The van der Waals surface area contributed by atoms with E-state index in [9.17, 15) is 19.7 Å². The number of nitro benzene ring substituents is 1. The highest BCUT2D eigenvalue weighted by molar-refractivity contribution is 6.04. The van der Waals surface area contributed by atoms with Crippen molar-refractivity contribution < 1.29 is 19.2 Å². The molecule has 0 radical (unpaired) electrons. The first-order chi connectivity index (χ1) is 13.5. The van der Waals surface area contributed by atoms with Crippen molar-refractivity contribution in [2.45, 2.75) is 19.3 Å². The Morgan fingerprint density at radius 1 is 1.07 bits per heavy atom. The van der Waals surface area contributed by atoms with E-state index in [1.165, 1.54) is 24.3 Å². The number of piperidine rings is 1. The van der Waals surface area contributed by atoms with E-state index < -0.39 is 10.8 Å². The third-order valence-corrected chi connectivity index (χ3v) is 4.50. The van der Waals surface area contributed by atoms with Gasteiger partial charge in [-0.1, -0.05) is 6.07 Å². The van der Waals surface area contributed by atoms with Crippen LogP contribution in [0, 0.1) is 10.1 Å². The molecule has 0 aromatic heterocycles. The van der Waals surface area contributed by atoms with Gasteiger partial charge in [0, 0.05) is 36.5 Å². The summed E-state index contributed by atoms with van der Waals surface area (Å²) in [6.07, 6.45) is 3.23. The van der Waals surface area contributed by atoms with Crippen molar-refractivity contribution in [1.29, 1.82) is 0 Å². The van der Waals surface area contributed by atoms with Crippen LogP contribution in [0.25, 0.3) is 0 Å². The average Bonchev–Trinajstić information content (AvgIpc) is 2.73. The summed E-state index contributed by atoms with van der Waals surface area (Å²) in [5, 5.41) is 13.5. The smallest absolute Gasteiger partial charge is 0.270 e. The third kappa shape index (κ3) is 5.06. The summed E-state index contributed by atoms with van der Waals surface area (Å²) >= 11 is 0. The van der Waals surface area contributed by atoms with Crippen molar-refractivity contribution in [1.82, 2.24) is 4.90 Å². The zero-order chi connectivity index (χ0) is 19.9. The second-order valence-corrected chi connectivity index (χ2v) is 6.52. The van der Waals surface area contributed by atoms with E-state index in [1.54, 1.807) is 24.3 Å². The summed E-state index contributed by atoms with van der Waals surface area (Å²) in [5.74, 6) is 0.0547. The topological polar surface area (TPSA) is 102 Å². The molecule has 8 heteroatoms. The molecule has 28 heavy (non-hydrogen) atoms. The minimum Gasteiger partial charge on any atom is -0.484 e. The molecular formula is C20H21N3O5. The highest BCUT2D eigenvalue weighted by Gasteiger charge is 2.17. The number of nitrogens with zero attached hydrogens (tertiary/aromatic N) is 2. The van der Waals surface area contributed by atoms with E-state index >= 15 is 0 Å². The molecule has 2 aromatic carbocycles. The third-order valence-electron chi connectivity index (χ3n) is 4.50. The molecule has 1 N–H and O–H groups in total. The maximum absolute atomic E-state index is 12.2. The van der Waals surface area contributed by atoms with Crippen molar-refractivity contribution in [2.75, 3.05) is 25.0 Å². The quantitative estimate of drug-likeness (QED) is 0.609. The number of carbonyl (C=O) groups is 2. The summed E-state index contributed by atoms with van der Waals surface area (Å²) in [6.45, 7) is 1.55. The van der Waals surface area contributed by atoms with Crippen LogP contribution in [0.1, 0.15) is 29.6 Å². The first-order valence-electron chi connectivity index (χ1n) is 9.09. The van der Waals surface area contributed by atoms with Crippen LogP contribution in [0.15, 0.2) is 48.5 Å². The Morgan fingerprint density at radius 3 is 2.46 bits per heavy atom. The van der Waals surface area contributed by atoms with E-state index in [0.717, 1.165) is 32.4 Å². The number of benzene rings is 2. The van der Waals surface area contributed by atoms with Crippen molar-refractivity contribution in [3.05, 3.63) is 64.2 Å². The SMILES string of the molecule is O=C(Nc1ccc(OCC(=O)N2CCCCC2)cc1)c1cccc([N+](=O)[O-])c1. The number of nitrogens with one attached hydrogen (secondary N) is 1. The van der Waals surface area contributed by atoms with Gasteiger partial charge in [0.25, 0.3) is 17.5 Å². The van der Waals surface area contributed by atoms with Crippen LogP contribution in [0.2, 0.25) is 0 Å². The van der Waals surface area contributed by atoms with Gasteiger partial charge in [-0.2, -0.15) is 0 Å². The lowest BCUT2D eigenvalue weighted by Gasteiger charge is -2.26. The number of hydrogen-bond acceptors (Lipinski definition) is 5. The molecule has 146 valence electrons. The number of rotatable bonds is 6. The number of nitro groups is 1. The van der Waals surface area contributed by atoms with E-state index in [1.807, 2.05) is 4.90 Å². The fourth-order valence-electron chi connectivity index (χ4n) is 2.98. The standard InChI is InChI=1S/C20H21N3O5/c24-19(22-11-2-1-3-12-22)14-28-18-9-7-16(8-10-18)21-20(25)15-5-4-6-17(13-15)23(26)27/h4-10,13H,1-3,11-12,14H2,(H,21,25). The predicted molar refractivity (Wildman–Crippen MR) is 103 cm³/mol. The highest BCUT2D eigenvalue weighted by Crippen LogP contribution is 2.18. The Kier molecular flexibility index (Phi) is 6.21. The maximum Gasteiger partial charge on any atom is 0.270 e. The van der Waals surface area contributed by atoms with Gasteiger partial charge in [0.05, 0.1) is 4.92 Å². The molecule has 8 nitrogen and oxygen atoms in total. The van der Waals surface area contributed by atoms with Gasteiger partial charge >= 0.3 is 0 Å². The lowest BCUT2D eigenvalue weighted by molar-refractivity contribution is -0.384. The summed E-state index contributed by atoms with van der Waals surface area (Å²) in [6, 6.07) is 12.1. The van der Waals surface area contributed by atoms with Gasteiger partial charge in [-0.15, -0.1) is 0 Å². The molecule has 0 spiro atoms. The highest BCUT2D eigenvalue weighted by atomic mass is 16.6. The number of anilines is 1. The van der Waals surface area contributed by atoms with Gasteiger partial charge in [-0.25, -0.2) is 0 Å². The van der Waals surface area contributed by atoms with Gasteiger partial charge < -0.3 is 15.0 Å². The Morgan fingerprint density at radius 2 is 1.79 bits per heavy atom. The summed E-state index contributed by atoms with van der Waals surface area (Å²) in [4.78, 5) is 36.4. The maximum atomic E-state index is 12.2. The second-order valence-electron chi connectivity index (χ2n) is 6.52. The molecule has 3 rings (SSSR count). The molecule has 0 saturated carbocycles. The van der Waals surface area contributed by atoms with Crippen LogP contribution < -0.4 is 10.1 Å². The minimum absolute atomic E-state index is 0.0145. The van der Waals surface area contributed by atoms with Crippen molar-refractivity contribution in [2.24, 2.45) is 0 Å². The molecule has 2 amide bonds. The van der Waals surface area contributed by atoms with E-state index in [4.69, 9.17) is 4.74 Å². The fraction of sp³-hybridized carbons (Fsp3) is 0.300. The Bertz CT molecular complexity index is 860. The van der Waals surface area contributed by atoms with Crippen LogP contribution in [-0.2, 0) is 4.79 Å². The molecule has 1 aliphatic heterocycles. The van der Waals surface area contributed by atoms with E-state index in [-0.39, 0.29) is 23.8 Å². The second kappa shape index (κ2) is 8.98. The molecule has 1 aliphatic rings. The summed E-state index contributed by atoms with van der Waals surface area (Å²) < 4.78 is 5.53. The van der Waals surface area contributed by atoms with E-state index in [2.05, 4.69) is 5.32 Å². The molecule has 1 fully saturated rings. The van der Waals surface area contributed by atoms with Gasteiger partial charge in [-0.05, 0) is 49.6 Å². The number of carbonyl (C=O) groups excluding carboxylic acids is 2. The number of amides is 2. The van der Waals surface area contributed by atoms with Gasteiger partial charge in [-0.3, -0.25) is 19.7 Å². The summed E-state index contributed by atoms with van der Waals surface area (Å²) in [5.41, 5.74) is 0.572. The Balaban J connectivity index is 1.54. The Labute approximate surface area is 162 Å². The normalized spacial score (nSPS) is 13.6. The zero-order valence-corrected chi connectivity index (χ0v) is 15.3. The summed E-state index contributed by atoms with van der Waals surface area (Å²) in [7, 11) is 0. The average molecular weight is 383 g/mol. The monoisotopic (exact) mass is 383 g/mol. The fourth-order valence-corrected chi connectivity index (χ4v) is 2.98. The Hall–Kier alpha value is -3.42. The molecule has 1 saturated heterocycles. The number of ether oxygens (including phenoxy) is 1. The molecule has 0 atom stereocenters. The van der Waals surface area contributed by atoms with Crippen LogP contribution in [-0.4, -0.2) is 41.3 Å². The van der Waals surface area contributed by atoms with Gasteiger partial charge in [0.1, 0.15) is 5.75 Å². The van der Waals surface area contributed by atoms with Gasteiger partial charge in [0.15, 0.2) is 6.61 Å². The lowest BCUT2D eigenvalue weighted by atomic mass is 10.1. The van der Waals surface area contributed by atoms with Crippen LogP contribution >= 0.6 is 0 Å². The van der Waals surface area contributed by atoms with Crippen LogP contribution in [0.3, 0.4) is 0 Å². The molecule has 1 heterocycles. The number of likely N-dealkylation sites (tertiary alicyclic amines) is 1. The van der Waals surface area contributed by atoms with Crippen LogP contribution in [0.5, 0.6) is 5.75 Å². The zero-order valence-electron chi connectivity index (χ0n) is 15.3. The minimum atomic E-state index is -0.548. The molecule has 0 bridgehead atoms. The molecule has 2 aromatic rings. The van der Waals surface area contributed by atoms with Crippen molar-refractivity contribution in [3.8, 4) is 5.75 Å². The lowest BCUT2D eigenvalue weighted by Crippen LogP contribution is -2.38. The molecule has 0 unspecified atom stereocenters.